The summed E-state index contributed by atoms with van der Waals surface area (Å²) in [6, 6.07) is 4.14. The predicted molar refractivity (Wildman–Crippen MR) is 79.3 cm³/mol. The van der Waals surface area contributed by atoms with Crippen LogP contribution in [0, 0.1) is 10.1 Å². The van der Waals surface area contributed by atoms with E-state index in [0.29, 0.717) is 5.56 Å². The van der Waals surface area contributed by atoms with Crippen LogP contribution in [-0.4, -0.2) is 14.9 Å². The smallest absolute Gasteiger partial charge is 0.313 e. The van der Waals surface area contributed by atoms with Gasteiger partial charge in [-0.1, -0.05) is 37.0 Å². The van der Waals surface area contributed by atoms with Gasteiger partial charge in [-0.3, -0.25) is 10.1 Å². The van der Waals surface area contributed by atoms with Crippen LogP contribution in [0.15, 0.2) is 24.5 Å². The summed E-state index contributed by atoms with van der Waals surface area (Å²) >= 11 is 11.8. The van der Waals surface area contributed by atoms with Crippen molar-refractivity contribution in [2.45, 2.75) is 19.8 Å². The van der Waals surface area contributed by atoms with Crippen molar-refractivity contribution < 1.29 is 9.66 Å². The highest BCUT2D eigenvalue weighted by Crippen LogP contribution is 2.37. The number of halogens is 2. The van der Waals surface area contributed by atoms with Gasteiger partial charge in [0.2, 0.25) is 11.6 Å². The third-order valence-electron chi connectivity index (χ3n) is 2.70. The average Bonchev–Trinajstić information content (AvgIpc) is 2.40. The van der Waals surface area contributed by atoms with Gasteiger partial charge in [0.05, 0.1) is 10.5 Å². The minimum Gasteiger partial charge on any atom is -0.431 e. The summed E-state index contributed by atoms with van der Waals surface area (Å²) in [6.45, 7) is 3.79. The predicted octanol–water partition coefficient (Wildman–Crippen LogP) is 4.61. The zero-order chi connectivity index (χ0) is 15.6. The topological polar surface area (TPSA) is 78.2 Å². The van der Waals surface area contributed by atoms with Crippen LogP contribution in [0.5, 0.6) is 11.6 Å². The molecule has 1 heterocycles. The highest BCUT2D eigenvalue weighted by Gasteiger charge is 2.21. The molecule has 1 aromatic carbocycles. The molecule has 0 aliphatic rings. The van der Waals surface area contributed by atoms with Gasteiger partial charge in [-0.25, -0.2) is 9.97 Å². The summed E-state index contributed by atoms with van der Waals surface area (Å²) < 4.78 is 5.56. The van der Waals surface area contributed by atoms with Crippen LogP contribution in [0.1, 0.15) is 25.3 Å². The van der Waals surface area contributed by atoms with Crippen LogP contribution in [-0.2, 0) is 0 Å². The molecule has 0 amide bonds. The minimum absolute atomic E-state index is 0.0000522. The van der Waals surface area contributed by atoms with E-state index in [4.69, 9.17) is 27.9 Å². The van der Waals surface area contributed by atoms with E-state index in [-0.39, 0.29) is 33.4 Å². The minimum atomic E-state index is -0.570. The van der Waals surface area contributed by atoms with Crippen molar-refractivity contribution in [2.24, 2.45) is 0 Å². The van der Waals surface area contributed by atoms with Crippen LogP contribution >= 0.6 is 23.2 Å². The molecule has 0 N–H and O–H groups in total. The van der Waals surface area contributed by atoms with Crippen LogP contribution in [0.3, 0.4) is 0 Å². The van der Waals surface area contributed by atoms with Crippen molar-refractivity contribution in [1.82, 2.24) is 9.97 Å². The number of hydrogen-bond donors (Lipinski definition) is 0. The van der Waals surface area contributed by atoms with Crippen LogP contribution in [0.4, 0.5) is 5.69 Å². The van der Waals surface area contributed by atoms with Gasteiger partial charge in [0, 0.05) is 11.1 Å². The Balaban J connectivity index is 2.49. The third kappa shape index (κ3) is 3.40. The maximum absolute atomic E-state index is 11.1. The largest absolute Gasteiger partial charge is 0.431 e. The summed E-state index contributed by atoms with van der Waals surface area (Å²) in [6.07, 6.45) is 1.24. The second-order valence-corrected chi connectivity index (χ2v) is 5.30. The fourth-order valence-electron chi connectivity index (χ4n) is 1.75. The normalized spacial score (nSPS) is 10.7. The lowest BCUT2D eigenvalue weighted by Crippen LogP contribution is -2.01. The van der Waals surface area contributed by atoms with Gasteiger partial charge in [0.25, 0.3) is 0 Å². The first-order chi connectivity index (χ1) is 9.90. The standard InChI is InChI=1S/C13H11Cl2N3O3/c1-7(2)11-12(15)16-6-17-13(11)21-10-4-3-8(14)5-9(10)18(19)20/h3-7H,1-2H3. The Kier molecular flexibility index (Phi) is 4.59. The molecule has 0 bridgehead atoms. The lowest BCUT2D eigenvalue weighted by atomic mass is 10.1. The van der Waals surface area contributed by atoms with E-state index in [1.807, 2.05) is 13.8 Å². The highest BCUT2D eigenvalue weighted by molar-refractivity contribution is 6.31. The molecule has 0 spiro atoms. The second-order valence-electron chi connectivity index (χ2n) is 4.51. The molecule has 8 heteroatoms. The number of nitro benzene ring substituents is 1. The molecule has 6 nitrogen and oxygen atoms in total. The van der Waals surface area contributed by atoms with Gasteiger partial charge >= 0.3 is 5.69 Å². The van der Waals surface area contributed by atoms with E-state index in [1.54, 1.807) is 0 Å². The lowest BCUT2D eigenvalue weighted by Gasteiger charge is -2.13. The lowest BCUT2D eigenvalue weighted by molar-refractivity contribution is -0.385. The first-order valence-corrected chi connectivity index (χ1v) is 6.78. The Morgan fingerprint density at radius 2 is 2.00 bits per heavy atom. The molecule has 21 heavy (non-hydrogen) atoms. The monoisotopic (exact) mass is 327 g/mol. The van der Waals surface area contributed by atoms with Crippen LogP contribution in [0.2, 0.25) is 10.2 Å². The van der Waals surface area contributed by atoms with Gasteiger partial charge < -0.3 is 4.74 Å². The molecule has 110 valence electrons. The van der Waals surface area contributed by atoms with Crippen molar-refractivity contribution >= 4 is 28.9 Å². The number of nitrogens with zero attached hydrogens (tertiary/aromatic N) is 3. The summed E-state index contributed by atoms with van der Waals surface area (Å²) in [5, 5.41) is 11.6. The van der Waals surface area contributed by atoms with Crippen molar-refractivity contribution in [3.63, 3.8) is 0 Å². The summed E-state index contributed by atoms with van der Waals surface area (Å²) in [5.41, 5.74) is 0.343. The zero-order valence-corrected chi connectivity index (χ0v) is 12.7. The fourth-order valence-corrected chi connectivity index (χ4v) is 2.26. The summed E-state index contributed by atoms with van der Waals surface area (Å²) in [4.78, 5) is 18.4. The van der Waals surface area contributed by atoms with E-state index in [1.165, 1.54) is 24.5 Å². The number of ether oxygens (including phenoxy) is 1. The van der Waals surface area contributed by atoms with Crippen molar-refractivity contribution in [2.75, 3.05) is 0 Å². The van der Waals surface area contributed by atoms with E-state index < -0.39 is 4.92 Å². The van der Waals surface area contributed by atoms with Crippen molar-refractivity contribution in [3.05, 3.63) is 50.4 Å². The molecule has 0 atom stereocenters. The molecule has 0 aliphatic heterocycles. The van der Waals surface area contributed by atoms with E-state index in [9.17, 15) is 10.1 Å². The zero-order valence-electron chi connectivity index (χ0n) is 11.2. The molecule has 0 saturated heterocycles. The molecule has 2 aromatic rings. The van der Waals surface area contributed by atoms with Crippen LogP contribution in [0.25, 0.3) is 0 Å². The highest BCUT2D eigenvalue weighted by atomic mass is 35.5. The SMILES string of the molecule is CC(C)c1c(Cl)ncnc1Oc1ccc(Cl)cc1[N+](=O)[O-]. The Morgan fingerprint density at radius 1 is 1.29 bits per heavy atom. The second kappa shape index (κ2) is 6.24. The van der Waals surface area contributed by atoms with Gasteiger partial charge in [-0.15, -0.1) is 0 Å². The number of aromatic nitrogens is 2. The number of rotatable bonds is 4. The molecule has 0 saturated carbocycles. The number of benzene rings is 1. The van der Waals surface area contributed by atoms with Gasteiger partial charge in [-0.2, -0.15) is 0 Å². The summed E-state index contributed by atoms with van der Waals surface area (Å²) in [7, 11) is 0. The first kappa shape index (κ1) is 15.5. The van der Waals surface area contributed by atoms with E-state index >= 15 is 0 Å². The molecule has 0 aliphatic carbocycles. The quantitative estimate of drug-likeness (QED) is 0.465. The number of hydrogen-bond acceptors (Lipinski definition) is 5. The molecule has 2 rings (SSSR count). The Bertz CT molecular complexity index is 692. The fraction of sp³-hybridized carbons (Fsp3) is 0.231. The molecule has 1 aromatic heterocycles. The number of nitro groups is 1. The average molecular weight is 328 g/mol. The van der Waals surface area contributed by atoms with Gasteiger partial charge in [0.15, 0.2) is 0 Å². The Labute approximate surface area is 130 Å². The molecular weight excluding hydrogens is 317 g/mol. The van der Waals surface area contributed by atoms with Gasteiger partial charge in [0.1, 0.15) is 11.5 Å². The van der Waals surface area contributed by atoms with E-state index in [2.05, 4.69) is 9.97 Å². The molecule has 0 radical (unpaired) electrons. The molecule has 0 unspecified atom stereocenters. The van der Waals surface area contributed by atoms with Crippen molar-refractivity contribution in [3.8, 4) is 11.6 Å². The maximum atomic E-state index is 11.1. The van der Waals surface area contributed by atoms with E-state index in [0.717, 1.165) is 0 Å². The molecule has 0 fully saturated rings. The molecular formula is C13H11Cl2N3O3. The van der Waals surface area contributed by atoms with Gasteiger partial charge in [-0.05, 0) is 18.1 Å². The maximum Gasteiger partial charge on any atom is 0.313 e. The van der Waals surface area contributed by atoms with Crippen LogP contribution < -0.4 is 4.74 Å². The third-order valence-corrected chi connectivity index (χ3v) is 3.24. The Morgan fingerprint density at radius 3 is 2.62 bits per heavy atom. The first-order valence-electron chi connectivity index (χ1n) is 6.02. The van der Waals surface area contributed by atoms with Crippen molar-refractivity contribution in [1.29, 1.82) is 0 Å². The summed E-state index contributed by atoms with van der Waals surface area (Å²) in [5.74, 6) is 0.233. The Hall–Kier alpha value is -1.92.